The SMILES string of the molecule is CC1(c2csc(C=O)c2)NCCc2ccc(Cl)cc21. The Balaban J connectivity index is 2.15. The van der Waals surface area contributed by atoms with E-state index in [4.69, 9.17) is 11.6 Å². The van der Waals surface area contributed by atoms with Crippen LogP contribution in [0.4, 0.5) is 0 Å². The molecule has 0 amide bonds. The predicted molar refractivity (Wildman–Crippen MR) is 79.3 cm³/mol. The average Bonchev–Trinajstić information content (AvgIpc) is 2.89. The molecular weight excluding hydrogens is 278 g/mol. The summed E-state index contributed by atoms with van der Waals surface area (Å²) in [6, 6.07) is 8.03. The van der Waals surface area contributed by atoms with E-state index in [1.807, 2.05) is 23.6 Å². The Kier molecular flexibility index (Phi) is 3.21. The summed E-state index contributed by atoms with van der Waals surface area (Å²) in [6.07, 6.45) is 1.91. The van der Waals surface area contributed by atoms with Crippen molar-refractivity contribution < 1.29 is 4.79 Å². The van der Waals surface area contributed by atoms with Gasteiger partial charge in [-0.1, -0.05) is 17.7 Å². The Morgan fingerprint density at radius 1 is 1.42 bits per heavy atom. The number of fused-ring (bicyclic) bond motifs is 1. The molecule has 2 aromatic rings. The van der Waals surface area contributed by atoms with E-state index >= 15 is 0 Å². The molecule has 1 aliphatic rings. The highest BCUT2D eigenvalue weighted by atomic mass is 35.5. The van der Waals surface area contributed by atoms with Gasteiger partial charge >= 0.3 is 0 Å². The van der Waals surface area contributed by atoms with Crippen LogP contribution in [0.25, 0.3) is 0 Å². The minimum atomic E-state index is -0.268. The second-order valence-corrected chi connectivity index (χ2v) is 6.34. The standard InChI is InChI=1S/C15H14ClNOS/c1-15(11-6-13(8-18)19-9-11)14-7-12(16)3-2-10(14)4-5-17-15/h2-3,6-9,17H,4-5H2,1H3. The maximum Gasteiger partial charge on any atom is 0.160 e. The molecule has 1 aliphatic heterocycles. The van der Waals surface area contributed by atoms with Crippen LogP contribution in [0.1, 0.15) is 33.3 Å². The molecule has 1 N–H and O–H groups in total. The summed E-state index contributed by atoms with van der Waals surface area (Å²) < 4.78 is 0. The lowest BCUT2D eigenvalue weighted by molar-refractivity contribution is 0.112. The molecule has 4 heteroatoms. The van der Waals surface area contributed by atoms with Gasteiger partial charge in [0, 0.05) is 11.6 Å². The first-order chi connectivity index (χ1) is 9.13. The number of hydrogen-bond donors (Lipinski definition) is 1. The highest BCUT2D eigenvalue weighted by molar-refractivity contribution is 7.11. The molecular formula is C15H14ClNOS. The second kappa shape index (κ2) is 4.75. The third kappa shape index (κ3) is 2.12. The lowest BCUT2D eigenvalue weighted by Crippen LogP contribution is -2.45. The van der Waals surface area contributed by atoms with Crippen molar-refractivity contribution in [1.29, 1.82) is 0 Å². The summed E-state index contributed by atoms with van der Waals surface area (Å²) in [4.78, 5) is 11.6. The second-order valence-electron chi connectivity index (χ2n) is 4.96. The van der Waals surface area contributed by atoms with Gasteiger partial charge in [0.2, 0.25) is 0 Å². The van der Waals surface area contributed by atoms with Crippen LogP contribution >= 0.6 is 22.9 Å². The van der Waals surface area contributed by atoms with Crippen molar-refractivity contribution in [1.82, 2.24) is 5.32 Å². The molecule has 0 spiro atoms. The molecule has 0 saturated heterocycles. The van der Waals surface area contributed by atoms with Crippen LogP contribution in [0.3, 0.4) is 0 Å². The van der Waals surface area contributed by atoms with Crippen LogP contribution in [-0.4, -0.2) is 12.8 Å². The van der Waals surface area contributed by atoms with Crippen molar-refractivity contribution in [2.45, 2.75) is 18.9 Å². The van der Waals surface area contributed by atoms with Crippen LogP contribution in [0, 0.1) is 0 Å². The number of aldehydes is 1. The monoisotopic (exact) mass is 291 g/mol. The molecule has 19 heavy (non-hydrogen) atoms. The number of carbonyl (C=O) groups excluding carboxylic acids is 1. The van der Waals surface area contributed by atoms with Gasteiger partial charge in [-0.2, -0.15) is 0 Å². The van der Waals surface area contributed by atoms with Crippen molar-refractivity contribution in [3.05, 3.63) is 56.2 Å². The quantitative estimate of drug-likeness (QED) is 0.856. The Bertz CT molecular complexity index is 637. The number of hydrogen-bond acceptors (Lipinski definition) is 3. The molecule has 0 bridgehead atoms. The van der Waals surface area contributed by atoms with E-state index in [1.54, 1.807) is 0 Å². The summed E-state index contributed by atoms with van der Waals surface area (Å²) >= 11 is 7.62. The van der Waals surface area contributed by atoms with Gasteiger partial charge in [0.25, 0.3) is 0 Å². The average molecular weight is 292 g/mol. The minimum absolute atomic E-state index is 0.268. The van der Waals surface area contributed by atoms with Gasteiger partial charge in [0.05, 0.1) is 10.4 Å². The fourth-order valence-corrected chi connectivity index (χ4v) is 3.70. The molecule has 0 fully saturated rings. The van der Waals surface area contributed by atoms with E-state index in [2.05, 4.69) is 18.3 Å². The topological polar surface area (TPSA) is 29.1 Å². The number of benzene rings is 1. The molecule has 0 radical (unpaired) electrons. The van der Waals surface area contributed by atoms with E-state index in [9.17, 15) is 4.79 Å². The molecule has 3 rings (SSSR count). The zero-order valence-electron chi connectivity index (χ0n) is 10.6. The van der Waals surface area contributed by atoms with Gasteiger partial charge in [-0.25, -0.2) is 0 Å². The van der Waals surface area contributed by atoms with Crippen LogP contribution in [0.15, 0.2) is 29.6 Å². The van der Waals surface area contributed by atoms with Gasteiger partial charge in [0.15, 0.2) is 6.29 Å². The van der Waals surface area contributed by atoms with Crippen LogP contribution in [-0.2, 0) is 12.0 Å². The first kappa shape index (κ1) is 12.9. The van der Waals surface area contributed by atoms with Gasteiger partial charge in [-0.3, -0.25) is 4.79 Å². The molecule has 0 aliphatic carbocycles. The minimum Gasteiger partial charge on any atom is -0.304 e. The van der Waals surface area contributed by atoms with Gasteiger partial charge in [0.1, 0.15) is 0 Å². The van der Waals surface area contributed by atoms with Crippen molar-refractivity contribution in [2.75, 3.05) is 6.54 Å². The highest BCUT2D eigenvalue weighted by Gasteiger charge is 2.34. The van der Waals surface area contributed by atoms with Crippen LogP contribution < -0.4 is 5.32 Å². The first-order valence-electron chi connectivity index (χ1n) is 6.21. The Hall–Kier alpha value is -1.16. The summed E-state index contributed by atoms with van der Waals surface area (Å²) in [7, 11) is 0. The fraction of sp³-hybridized carbons (Fsp3) is 0.267. The molecule has 98 valence electrons. The number of rotatable bonds is 2. The fourth-order valence-electron chi connectivity index (χ4n) is 2.71. The Labute approximate surface area is 121 Å². The number of thiophene rings is 1. The predicted octanol–water partition coefficient (Wildman–Crippen LogP) is 3.62. The van der Waals surface area contributed by atoms with E-state index in [0.717, 1.165) is 34.7 Å². The number of halogens is 1. The van der Waals surface area contributed by atoms with E-state index in [-0.39, 0.29) is 5.54 Å². The maximum atomic E-state index is 10.9. The molecule has 1 aromatic heterocycles. The molecule has 1 aromatic carbocycles. The largest absolute Gasteiger partial charge is 0.304 e. The summed E-state index contributed by atoms with van der Waals surface area (Å²) in [5.41, 5.74) is 3.39. The highest BCUT2D eigenvalue weighted by Crippen LogP contribution is 2.37. The zero-order valence-corrected chi connectivity index (χ0v) is 12.1. The summed E-state index contributed by atoms with van der Waals surface area (Å²) in [5, 5.41) is 6.36. The van der Waals surface area contributed by atoms with Crippen LogP contribution in [0.2, 0.25) is 5.02 Å². The van der Waals surface area contributed by atoms with Gasteiger partial charge < -0.3 is 5.32 Å². The zero-order chi connectivity index (χ0) is 13.5. The van der Waals surface area contributed by atoms with Crippen molar-refractivity contribution >= 4 is 29.2 Å². The number of nitrogens with one attached hydrogen (secondary N) is 1. The maximum absolute atomic E-state index is 10.9. The summed E-state index contributed by atoms with van der Waals surface area (Å²) in [6.45, 7) is 3.08. The third-order valence-electron chi connectivity index (χ3n) is 3.80. The molecule has 0 saturated carbocycles. The van der Waals surface area contributed by atoms with Crippen LogP contribution in [0.5, 0.6) is 0 Å². The van der Waals surface area contributed by atoms with Gasteiger partial charge in [-0.15, -0.1) is 11.3 Å². The van der Waals surface area contributed by atoms with Gasteiger partial charge in [-0.05, 0) is 53.6 Å². The van der Waals surface area contributed by atoms with Crippen molar-refractivity contribution in [3.63, 3.8) is 0 Å². The lowest BCUT2D eigenvalue weighted by atomic mass is 9.80. The van der Waals surface area contributed by atoms with E-state index in [1.165, 1.54) is 22.5 Å². The van der Waals surface area contributed by atoms with Crippen molar-refractivity contribution in [2.24, 2.45) is 0 Å². The van der Waals surface area contributed by atoms with E-state index < -0.39 is 0 Å². The lowest BCUT2D eigenvalue weighted by Gasteiger charge is -2.37. The van der Waals surface area contributed by atoms with Crippen molar-refractivity contribution in [3.8, 4) is 0 Å². The van der Waals surface area contributed by atoms with E-state index in [0.29, 0.717) is 0 Å². The smallest absolute Gasteiger partial charge is 0.160 e. The third-order valence-corrected chi connectivity index (χ3v) is 4.89. The molecule has 1 atom stereocenters. The Morgan fingerprint density at radius 3 is 3.00 bits per heavy atom. The first-order valence-corrected chi connectivity index (χ1v) is 7.47. The summed E-state index contributed by atoms with van der Waals surface area (Å²) in [5.74, 6) is 0. The number of carbonyl (C=O) groups is 1. The normalized spacial score (nSPS) is 22.0. The molecule has 2 nitrogen and oxygen atoms in total. The molecule has 2 heterocycles. The molecule has 1 unspecified atom stereocenters. The Morgan fingerprint density at radius 2 is 2.26 bits per heavy atom.